The molecule has 0 radical (unpaired) electrons. The van der Waals surface area contributed by atoms with E-state index in [2.05, 4.69) is 12.2 Å². The lowest BCUT2D eigenvalue weighted by Gasteiger charge is -2.17. The van der Waals surface area contributed by atoms with Gasteiger partial charge in [-0.25, -0.2) is 4.39 Å². The molecule has 0 spiro atoms. The van der Waals surface area contributed by atoms with Crippen LogP contribution in [-0.4, -0.2) is 16.5 Å². The molecule has 88 valence electrons. The second-order valence-electron chi connectivity index (χ2n) is 4.05. The van der Waals surface area contributed by atoms with Crippen LogP contribution in [0.25, 0.3) is 0 Å². The van der Waals surface area contributed by atoms with E-state index in [1.807, 2.05) is 13.1 Å². The molecule has 1 N–H and O–H groups in total. The standard InChI is InChI=1S/C12H16FNOS/c1-3-5-10-11(14-2)8-6-4-7-9(13)12(8)16(10)15/h4,6-7,10-11,14H,3,5H2,1-2H3. The molecule has 3 atom stereocenters. The maximum absolute atomic E-state index is 13.6. The Morgan fingerprint density at radius 3 is 2.88 bits per heavy atom. The third-order valence-corrected chi connectivity index (χ3v) is 4.96. The van der Waals surface area contributed by atoms with Crippen molar-refractivity contribution >= 4 is 10.8 Å². The van der Waals surface area contributed by atoms with Crippen molar-refractivity contribution in [2.75, 3.05) is 7.05 Å². The van der Waals surface area contributed by atoms with Crippen molar-refractivity contribution in [1.82, 2.24) is 5.32 Å². The fourth-order valence-electron chi connectivity index (χ4n) is 2.36. The fraction of sp³-hybridized carbons (Fsp3) is 0.500. The molecule has 1 aromatic rings. The maximum Gasteiger partial charge on any atom is 0.139 e. The Kier molecular flexibility index (Phi) is 3.40. The summed E-state index contributed by atoms with van der Waals surface area (Å²) >= 11 is 0. The molecule has 2 rings (SSSR count). The molecule has 16 heavy (non-hydrogen) atoms. The number of halogens is 1. The van der Waals surface area contributed by atoms with Crippen LogP contribution >= 0.6 is 0 Å². The largest absolute Gasteiger partial charge is 0.312 e. The smallest absolute Gasteiger partial charge is 0.139 e. The minimum atomic E-state index is -1.21. The third kappa shape index (κ3) is 1.70. The zero-order chi connectivity index (χ0) is 11.7. The van der Waals surface area contributed by atoms with Crippen LogP contribution in [0.4, 0.5) is 4.39 Å². The number of hydrogen-bond acceptors (Lipinski definition) is 2. The van der Waals surface area contributed by atoms with Crippen molar-refractivity contribution < 1.29 is 8.60 Å². The van der Waals surface area contributed by atoms with Crippen molar-refractivity contribution in [1.29, 1.82) is 0 Å². The van der Waals surface area contributed by atoms with E-state index >= 15 is 0 Å². The Balaban J connectivity index is 2.47. The summed E-state index contributed by atoms with van der Waals surface area (Å²) in [6.45, 7) is 2.06. The first-order chi connectivity index (χ1) is 7.70. The normalized spacial score (nSPS) is 28.1. The van der Waals surface area contributed by atoms with Crippen LogP contribution in [0.5, 0.6) is 0 Å². The summed E-state index contributed by atoms with van der Waals surface area (Å²) in [5.74, 6) is -0.338. The highest BCUT2D eigenvalue weighted by Crippen LogP contribution is 2.39. The topological polar surface area (TPSA) is 29.1 Å². The molecule has 0 saturated heterocycles. The van der Waals surface area contributed by atoms with Gasteiger partial charge < -0.3 is 5.32 Å². The van der Waals surface area contributed by atoms with Crippen molar-refractivity contribution in [3.05, 3.63) is 29.6 Å². The van der Waals surface area contributed by atoms with Gasteiger partial charge >= 0.3 is 0 Å². The van der Waals surface area contributed by atoms with Crippen LogP contribution in [0.15, 0.2) is 23.1 Å². The van der Waals surface area contributed by atoms with Crippen LogP contribution < -0.4 is 5.32 Å². The summed E-state index contributed by atoms with van der Waals surface area (Å²) < 4.78 is 25.9. The van der Waals surface area contributed by atoms with Crippen molar-refractivity contribution in [3.8, 4) is 0 Å². The molecule has 0 amide bonds. The fourth-order valence-corrected chi connectivity index (χ4v) is 4.33. The Hall–Kier alpha value is -0.740. The number of rotatable bonds is 3. The molecule has 1 aliphatic heterocycles. The van der Waals surface area contributed by atoms with Crippen LogP contribution in [-0.2, 0) is 10.8 Å². The van der Waals surface area contributed by atoms with E-state index in [4.69, 9.17) is 0 Å². The van der Waals surface area contributed by atoms with Gasteiger partial charge in [0.15, 0.2) is 0 Å². The van der Waals surface area contributed by atoms with Crippen molar-refractivity contribution in [2.45, 2.75) is 36.0 Å². The van der Waals surface area contributed by atoms with Gasteiger partial charge in [0.2, 0.25) is 0 Å². The summed E-state index contributed by atoms with van der Waals surface area (Å²) in [4.78, 5) is 0.403. The van der Waals surface area contributed by atoms with Gasteiger partial charge in [-0.05, 0) is 25.1 Å². The lowest BCUT2D eigenvalue weighted by molar-refractivity contribution is 0.531. The highest BCUT2D eigenvalue weighted by Gasteiger charge is 2.38. The highest BCUT2D eigenvalue weighted by molar-refractivity contribution is 7.86. The van der Waals surface area contributed by atoms with E-state index in [-0.39, 0.29) is 17.1 Å². The first kappa shape index (κ1) is 11.7. The Morgan fingerprint density at radius 1 is 1.50 bits per heavy atom. The van der Waals surface area contributed by atoms with Gasteiger partial charge in [-0.1, -0.05) is 25.5 Å². The molecule has 1 aromatic carbocycles. The minimum absolute atomic E-state index is 0.00176. The average Bonchev–Trinajstić information content (AvgIpc) is 2.54. The van der Waals surface area contributed by atoms with Gasteiger partial charge in [-0.2, -0.15) is 0 Å². The molecule has 2 nitrogen and oxygen atoms in total. The molecule has 1 aliphatic rings. The minimum Gasteiger partial charge on any atom is -0.312 e. The summed E-state index contributed by atoms with van der Waals surface area (Å²) in [6, 6.07) is 4.96. The quantitative estimate of drug-likeness (QED) is 0.880. The van der Waals surface area contributed by atoms with Gasteiger partial charge in [0.05, 0.1) is 20.9 Å². The van der Waals surface area contributed by atoms with E-state index in [9.17, 15) is 8.60 Å². The second kappa shape index (κ2) is 4.63. The molecule has 0 aliphatic carbocycles. The van der Waals surface area contributed by atoms with E-state index in [1.165, 1.54) is 6.07 Å². The zero-order valence-electron chi connectivity index (χ0n) is 9.50. The number of hydrogen-bond donors (Lipinski definition) is 1. The molecule has 3 unspecified atom stereocenters. The molecule has 1 heterocycles. The van der Waals surface area contributed by atoms with Crippen LogP contribution in [0.1, 0.15) is 31.4 Å². The second-order valence-corrected chi connectivity index (χ2v) is 5.66. The average molecular weight is 241 g/mol. The highest BCUT2D eigenvalue weighted by atomic mass is 32.2. The predicted octanol–water partition coefficient (Wildman–Crippen LogP) is 2.38. The van der Waals surface area contributed by atoms with E-state index in [1.54, 1.807) is 6.07 Å². The van der Waals surface area contributed by atoms with Gasteiger partial charge in [0, 0.05) is 6.04 Å². The summed E-state index contributed by atoms with van der Waals surface area (Å²) in [6.07, 6.45) is 1.82. The molecule has 0 fully saturated rings. The molecular formula is C12H16FNOS. The summed E-state index contributed by atoms with van der Waals surface area (Å²) in [7, 11) is 0.623. The first-order valence-electron chi connectivity index (χ1n) is 5.57. The summed E-state index contributed by atoms with van der Waals surface area (Å²) in [5, 5.41) is 3.15. The van der Waals surface area contributed by atoms with Crippen LogP contribution in [0, 0.1) is 5.82 Å². The van der Waals surface area contributed by atoms with Gasteiger partial charge in [-0.15, -0.1) is 0 Å². The van der Waals surface area contributed by atoms with Crippen LogP contribution in [0.2, 0.25) is 0 Å². The number of benzene rings is 1. The Morgan fingerprint density at radius 2 is 2.25 bits per heavy atom. The maximum atomic E-state index is 13.6. The monoisotopic (exact) mass is 241 g/mol. The lowest BCUT2D eigenvalue weighted by Crippen LogP contribution is -2.26. The van der Waals surface area contributed by atoms with Gasteiger partial charge in [0.25, 0.3) is 0 Å². The Labute approximate surface area is 97.7 Å². The SMILES string of the molecule is CCCC1C(NC)c2cccc(F)c2S1=O. The molecule has 0 aromatic heterocycles. The molecule has 4 heteroatoms. The first-order valence-corrected chi connectivity index (χ1v) is 6.78. The van der Waals surface area contributed by atoms with E-state index < -0.39 is 10.8 Å². The van der Waals surface area contributed by atoms with Gasteiger partial charge in [0.1, 0.15) is 5.82 Å². The third-order valence-electron chi connectivity index (χ3n) is 3.06. The van der Waals surface area contributed by atoms with Gasteiger partial charge in [-0.3, -0.25) is 4.21 Å². The molecule has 0 bridgehead atoms. The number of fused-ring (bicyclic) bond motifs is 1. The Bertz CT molecular complexity index is 421. The van der Waals surface area contributed by atoms with Crippen molar-refractivity contribution in [3.63, 3.8) is 0 Å². The molecule has 0 saturated carbocycles. The lowest BCUT2D eigenvalue weighted by atomic mass is 10.0. The van der Waals surface area contributed by atoms with Crippen molar-refractivity contribution in [2.24, 2.45) is 0 Å². The van der Waals surface area contributed by atoms with E-state index in [0.717, 1.165) is 18.4 Å². The van der Waals surface area contributed by atoms with Crippen LogP contribution in [0.3, 0.4) is 0 Å². The molecular weight excluding hydrogens is 225 g/mol. The van der Waals surface area contributed by atoms with E-state index in [0.29, 0.717) is 4.90 Å². The zero-order valence-corrected chi connectivity index (χ0v) is 10.3. The summed E-state index contributed by atoms with van der Waals surface area (Å²) in [5.41, 5.74) is 0.860. The number of nitrogens with one attached hydrogen (secondary N) is 1. The predicted molar refractivity (Wildman–Crippen MR) is 63.3 cm³/mol.